The number of hydrogen-bond donors (Lipinski definition) is 0. The molecular weight excluding hydrogens is 176 g/mol. The highest BCUT2D eigenvalue weighted by Crippen LogP contribution is 2.03. The third-order valence-corrected chi connectivity index (χ3v) is 2.27. The molecule has 1 aromatic heterocycles. The van der Waals surface area contributed by atoms with Crippen LogP contribution in [0.5, 0.6) is 0 Å². The quantitative estimate of drug-likeness (QED) is 0.675. The summed E-state index contributed by atoms with van der Waals surface area (Å²) in [6.07, 6.45) is 1.88. The lowest BCUT2D eigenvalue weighted by Gasteiger charge is -2.08. The summed E-state index contributed by atoms with van der Waals surface area (Å²) in [7, 11) is 0. The molecule has 3 heteroatoms. The summed E-state index contributed by atoms with van der Waals surface area (Å²) in [6.45, 7) is 11.0. The minimum absolute atomic E-state index is 0.612. The van der Waals surface area contributed by atoms with Gasteiger partial charge in [-0.1, -0.05) is 13.8 Å². The fraction of sp³-hybridized carbons (Fsp3) is 0.727. The van der Waals surface area contributed by atoms with Crippen molar-refractivity contribution < 1.29 is 4.74 Å². The molecule has 0 saturated heterocycles. The van der Waals surface area contributed by atoms with Crippen molar-refractivity contribution in [3.63, 3.8) is 0 Å². The van der Waals surface area contributed by atoms with E-state index in [1.54, 1.807) is 0 Å². The fourth-order valence-electron chi connectivity index (χ4n) is 1.25. The van der Waals surface area contributed by atoms with Gasteiger partial charge in [0.2, 0.25) is 0 Å². The zero-order valence-electron chi connectivity index (χ0n) is 9.58. The first-order valence-corrected chi connectivity index (χ1v) is 5.17. The van der Waals surface area contributed by atoms with Crippen molar-refractivity contribution in [2.75, 3.05) is 13.2 Å². The molecule has 1 heterocycles. The van der Waals surface area contributed by atoms with Gasteiger partial charge in [0.05, 0.1) is 18.6 Å². The Labute approximate surface area is 86.1 Å². The Kier molecular flexibility index (Phi) is 4.14. The highest BCUT2D eigenvalue weighted by atomic mass is 16.5. The Bertz CT molecular complexity index is 279. The summed E-state index contributed by atoms with van der Waals surface area (Å²) in [5.41, 5.74) is 2.34. The van der Waals surface area contributed by atoms with Crippen molar-refractivity contribution in [1.29, 1.82) is 0 Å². The third kappa shape index (κ3) is 3.14. The van der Waals surface area contributed by atoms with E-state index < -0.39 is 0 Å². The lowest BCUT2D eigenvalue weighted by atomic mass is 10.2. The molecule has 0 N–H and O–H groups in total. The summed E-state index contributed by atoms with van der Waals surface area (Å²) in [4.78, 5) is 4.24. The SMILES string of the molecule is Cc1ncn(CCOCC(C)C)c1C. The predicted molar refractivity (Wildman–Crippen MR) is 57.4 cm³/mol. The molecule has 3 nitrogen and oxygen atoms in total. The lowest BCUT2D eigenvalue weighted by molar-refractivity contribution is 0.103. The number of nitrogens with zero attached hydrogens (tertiary/aromatic N) is 2. The van der Waals surface area contributed by atoms with Crippen LogP contribution in [0.1, 0.15) is 25.2 Å². The van der Waals surface area contributed by atoms with E-state index >= 15 is 0 Å². The molecular formula is C11H20N2O. The van der Waals surface area contributed by atoms with E-state index in [2.05, 4.69) is 30.3 Å². The third-order valence-electron chi connectivity index (χ3n) is 2.27. The molecule has 0 aliphatic rings. The maximum absolute atomic E-state index is 5.51. The summed E-state index contributed by atoms with van der Waals surface area (Å²) in [6, 6.07) is 0. The van der Waals surface area contributed by atoms with Crippen LogP contribution in [0.25, 0.3) is 0 Å². The van der Waals surface area contributed by atoms with Crippen molar-refractivity contribution in [3.8, 4) is 0 Å². The van der Waals surface area contributed by atoms with E-state index in [9.17, 15) is 0 Å². The van der Waals surface area contributed by atoms with Gasteiger partial charge in [0.15, 0.2) is 0 Å². The van der Waals surface area contributed by atoms with Crippen LogP contribution in [0.3, 0.4) is 0 Å². The van der Waals surface area contributed by atoms with Crippen LogP contribution in [0.4, 0.5) is 0 Å². The lowest BCUT2D eigenvalue weighted by Crippen LogP contribution is -2.09. The van der Waals surface area contributed by atoms with E-state index in [4.69, 9.17) is 4.74 Å². The number of rotatable bonds is 5. The molecule has 0 aliphatic heterocycles. The van der Waals surface area contributed by atoms with Gasteiger partial charge in [-0.3, -0.25) is 0 Å². The second-order valence-electron chi connectivity index (χ2n) is 4.08. The Morgan fingerprint density at radius 1 is 1.43 bits per heavy atom. The molecule has 0 spiro atoms. The molecule has 0 atom stereocenters. The zero-order valence-corrected chi connectivity index (χ0v) is 9.58. The minimum Gasteiger partial charge on any atom is -0.379 e. The zero-order chi connectivity index (χ0) is 10.6. The first-order valence-electron chi connectivity index (χ1n) is 5.17. The molecule has 0 unspecified atom stereocenters. The first-order chi connectivity index (χ1) is 6.61. The second-order valence-corrected chi connectivity index (χ2v) is 4.08. The van der Waals surface area contributed by atoms with Crippen molar-refractivity contribution in [2.24, 2.45) is 5.92 Å². The van der Waals surface area contributed by atoms with Crippen LogP contribution in [0.2, 0.25) is 0 Å². The highest BCUT2D eigenvalue weighted by Gasteiger charge is 2.01. The molecule has 1 aromatic rings. The Hall–Kier alpha value is -0.830. The van der Waals surface area contributed by atoms with Crippen molar-refractivity contribution in [1.82, 2.24) is 9.55 Å². The number of aryl methyl sites for hydroxylation is 1. The van der Waals surface area contributed by atoms with Gasteiger partial charge in [-0.25, -0.2) is 4.98 Å². The average Bonchev–Trinajstić information content (AvgIpc) is 2.43. The monoisotopic (exact) mass is 196 g/mol. The number of ether oxygens (including phenoxy) is 1. The van der Waals surface area contributed by atoms with Crippen LogP contribution in [0, 0.1) is 19.8 Å². The molecule has 0 radical (unpaired) electrons. The maximum Gasteiger partial charge on any atom is 0.0952 e. The molecule has 0 amide bonds. The Morgan fingerprint density at radius 2 is 2.14 bits per heavy atom. The van der Waals surface area contributed by atoms with Gasteiger partial charge in [0.25, 0.3) is 0 Å². The van der Waals surface area contributed by atoms with Crippen LogP contribution in [-0.2, 0) is 11.3 Å². The van der Waals surface area contributed by atoms with Gasteiger partial charge in [-0.15, -0.1) is 0 Å². The maximum atomic E-state index is 5.51. The van der Waals surface area contributed by atoms with Crippen LogP contribution >= 0.6 is 0 Å². The topological polar surface area (TPSA) is 27.1 Å². The van der Waals surface area contributed by atoms with Gasteiger partial charge in [-0.05, 0) is 19.8 Å². The van der Waals surface area contributed by atoms with Gasteiger partial charge < -0.3 is 9.30 Å². The average molecular weight is 196 g/mol. The minimum atomic E-state index is 0.612. The molecule has 1 rings (SSSR count). The van der Waals surface area contributed by atoms with Crippen molar-refractivity contribution in [2.45, 2.75) is 34.2 Å². The van der Waals surface area contributed by atoms with Gasteiger partial charge in [0, 0.05) is 18.8 Å². The van der Waals surface area contributed by atoms with Crippen LogP contribution < -0.4 is 0 Å². The Balaban J connectivity index is 2.28. The molecule has 0 saturated carbocycles. The second kappa shape index (κ2) is 5.15. The van der Waals surface area contributed by atoms with E-state index in [1.165, 1.54) is 5.69 Å². The Morgan fingerprint density at radius 3 is 2.64 bits per heavy atom. The molecule has 0 aromatic carbocycles. The molecule has 0 fully saturated rings. The fourth-order valence-corrected chi connectivity index (χ4v) is 1.25. The summed E-state index contributed by atoms with van der Waals surface area (Å²) in [5.74, 6) is 0.612. The van der Waals surface area contributed by atoms with E-state index in [1.807, 2.05) is 13.3 Å². The standard InChI is InChI=1S/C11H20N2O/c1-9(2)7-14-6-5-13-8-12-10(3)11(13)4/h8-9H,5-7H2,1-4H3. The smallest absolute Gasteiger partial charge is 0.0952 e. The predicted octanol–water partition coefficient (Wildman–Crippen LogP) is 2.17. The van der Waals surface area contributed by atoms with Gasteiger partial charge in [-0.2, -0.15) is 0 Å². The number of hydrogen-bond acceptors (Lipinski definition) is 2. The number of aromatic nitrogens is 2. The first kappa shape index (κ1) is 11.2. The van der Waals surface area contributed by atoms with Gasteiger partial charge >= 0.3 is 0 Å². The molecule has 0 aliphatic carbocycles. The van der Waals surface area contributed by atoms with Crippen molar-refractivity contribution >= 4 is 0 Å². The summed E-state index contributed by atoms with van der Waals surface area (Å²) >= 11 is 0. The molecule has 80 valence electrons. The van der Waals surface area contributed by atoms with E-state index in [0.717, 1.165) is 25.5 Å². The van der Waals surface area contributed by atoms with Crippen molar-refractivity contribution in [3.05, 3.63) is 17.7 Å². The van der Waals surface area contributed by atoms with Crippen LogP contribution in [-0.4, -0.2) is 22.8 Å². The molecule has 0 bridgehead atoms. The number of imidazole rings is 1. The summed E-state index contributed by atoms with van der Waals surface area (Å²) < 4.78 is 7.65. The molecule has 14 heavy (non-hydrogen) atoms. The summed E-state index contributed by atoms with van der Waals surface area (Å²) in [5, 5.41) is 0. The normalized spacial score (nSPS) is 11.2. The van der Waals surface area contributed by atoms with Gasteiger partial charge in [0.1, 0.15) is 0 Å². The highest BCUT2D eigenvalue weighted by molar-refractivity contribution is 5.08. The van der Waals surface area contributed by atoms with E-state index in [0.29, 0.717) is 5.92 Å². The van der Waals surface area contributed by atoms with E-state index in [-0.39, 0.29) is 0 Å². The largest absolute Gasteiger partial charge is 0.379 e. The van der Waals surface area contributed by atoms with Crippen LogP contribution in [0.15, 0.2) is 6.33 Å².